The lowest BCUT2D eigenvalue weighted by molar-refractivity contribution is 0.311. The van der Waals surface area contributed by atoms with Gasteiger partial charge in [-0.25, -0.2) is 0 Å². The summed E-state index contributed by atoms with van der Waals surface area (Å²) in [7, 11) is 0. The fourth-order valence-corrected chi connectivity index (χ4v) is 2.14. The number of allylic oxidation sites excluding steroid dienone is 3. The van der Waals surface area contributed by atoms with Crippen molar-refractivity contribution in [3.8, 4) is 0 Å². The van der Waals surface area contributed by atoms with Gasteiger partial charge < -0.3 is 0 Å². The Morgan fingerprint density at radius 1 is 0.867 bits per heavy atom. The molecule has 0 aromatic heterocycles. The first-order valence-corrected chi connectivity index (χ1v) is 6.12. The topological polar surface area (TPSA) is 0 Å². The molecule has 0 fully saturated rings. The van der Waals surface area contributed by atoms with Gasteiger partial charge in [-0.3, -0.25) is 0 Å². The zero-order valence-electron chi connectivity index (χ0n) is 10.3. The summed E-state index contributed by atoms with van der Waals surface area (Å²) < 4.78 is 0. The molecule has 15 heavy (non-hydrogen) atoms. The van der Waals surface area contributed by atoms with Crippen LogP contribution in [0.15, 0.2) is 38.0 Å². The molecule has 0 aromatic rings. The van der Waals surface area contributed by atoms with E-state index in [4.69, 9.17) is 0 Å². The Kier molecular flexibility index (Phi) is 9.26. The van der Waals surface area contributed by atoms with E-state index in [0.29, 0.717) is 5.92 Å². The lowest BCUT2D eigenvalue weighted by Crippen LogP contribution is -2.13. The van der Waals surface area contributed by atoms with Gasteiger partial charge in [-0.15, -0.1) is 19.7 Å². The molecule has 0 aromatic carbocycles. The largest absolute Gasteiger partial charge is 0.103 e. The van der Waals surface area contributed by atoms with Gasteiger partial charge in [0.1, 0.15) is 0 Å². The molecule has 0 aliphatic rings. The SMILES string of the molecule is C=CCC(CC=C)C(CC=C)CCCC. The van der Waals surface area contributed by atoms with E-state index in [1.807, 2.05) is 12.2 Å². The molecule has 1 atom stereocenters. The highest BCUT2D eigenvalue weighted by molar-refractivity contribution is 4.86. The Balaban J connectivity index is 4.27. The van der Waals surface area contributed by atoms with Crippen LogP contribution >= 0.6 is 0 Å². The van der Waals surface area contributed by atoms with Gasteiger partial charge in [0.25, 0.3) is 0 Å². The van der Waals surface area contributed by atoms with Gasteiger partial charge in [0.05, 0.1) is 0 Å². The van der Waals surface area contributed by atoms with Crippen molar-refractivity contribution < 1.29 is 0 Å². The second-order valence-corrected chi connectivity index (χ2v) is 4.24. The van der Waals surface area contributed by atoms with Crippen LogP contribution in [0.1, 0.15) is 45.4 Å². The third-order valence-electron chi connectivity index (χ3n) is 3.00. The van der Waals surface area contributed by atoms with E-state index in [0.717, 1.165) is 25.2 Å². The highest BCUT2D eigenvalue weighted by Crippen LogP contribution is 2.28. The third-order valence-corrected chi connectivity index (χ3v) is 3.00. The first kappa shape index (κ1) is 14.2. The fourth-order valence-electron chi connectivity index (χ4n) is 2.14. The Hall–Kier alpha value is -0.780. The van der Waals surface area contributed by atoms with E-state index < -0.39 is 0 Å². The van der Waals surface area contributed by atoms with Crippen molar-refractivity contribution in [2.24, 2.45) is 11.8 Å². The molecule has 0 heterocycles. The normalized spacial score (nSPS) is 12.4. The zero-order valence-corrected chi connectivity index (χ0v) is 10.3. The van der Waals surface area contributed by atoms with Crippen LogP contribution in [0.25, 0.3) is 0 Å². The Morgan fingerprint density at radius 3 is 1.73 bits per heavy atom. The van der Waals surface area contributed by atoms with E-state index in [-0.39, 0.29) is 0 Å². The summed E-state index contributed by atoms with van der Waals surface area (Å²) in [5.74, 6) is 1.48. The maximum atomic E-state index is 3.86. The molecule has 0 rings (SSSR count). The standard InChI is InChI=1S/C15H26/c1-5-9-13-15(12-8-4)14(10-6-2)11-7-3/h6-8,14-15H,2-5,9-13H2,1H3. The summed E-state index contributed by atoms with van der Waals surface area (Å²) >= 11 is 0. The summed E-state index contributed by atoms with van der Waals surface area (Å²) in [5, 5.41) is 0. The van der Waals surface area contributed by atoms with Crippen LogP contribution in [-0.2, 0) is 0 Å². The first-order chi connectivity index (χ1) is 7.29. The van der Waals surface area contributed by atoms with Crippen molar-refractivity contribution in [1.29, 1.82) is 0 Å². The van der Waals surface area contributed by atoms with Crippen LogP contribution in [0.3, 0.4) is 0 Å². The van der Waals surface area contributed by atoms with Crippen molar-refractivity contribution in [1.82, 2.24) is 0 Å². The van der Waals surface area contributed by atoms with E-state index in [2.05, 4.69) is 32.7 Å². The predicted molar refractivity (Wildman–Crippen MR) is 70.9 cm³/mol. The lowest BCUT2D eigenvalue weighted by Gasteiger charge is -2.24. The highest BCUT2D eigenvalue weighted by atomic mass is 14.2. The molecule has 0 bridgehead atoms. The minimum Gasteiger partial charge on any atom is -0.103 e. The summed E-state index contributed by atoms with van der Waals surface area (Å²) in [6.45, 7) is 13.8. The molecule has 0 radical (unpaired) electrons. The molecule has 0 N–H and O–H groups in total. The molecule has 0 nitrogen and oxygen atoms in total. The average molecular weight is 206 g/mol. The summed E-state index contributed by atoms with van der Waals surface area (Å²) in [6.07, 6.45) is 13.4. The zero-order chi connectivity index (χ0) is 11.5. The minimum atomic E-state index is 0.713. The van der Waals surface area contributed by atoms with Crippen molar-refractivity contribution in [3.05, 3.63) is 38.0 Å². The molecule has 86 valence electrons. The van der Waals surface area contributed by atoms with Gasteiger partial charge in [0.2, 0.25) is 0 Å². The maximum absolute atomic E-state index is 3.86. The molecule has 0 saturated heterocycles. The fraction of sp³-hybridized carbons (Fsp3) is 0.600. The minimum absolute atomic E-state index is 0.713. The molecule has 0 aliphatic heterocycles. The van der Waals surface area contributed by atoms with Gasteiger partial charge in [-0.05, 0) is 37.5 Å². The number of rotatable bonds is 10. The van der Waals surface area contributed by atoms with E-state index in [1.165, 1.54) is 19.3 Å². The number of hydrogen-bond acceptors (Lipinski definition) is 0. The van der Waals surface area contributed by atoms with Gasteiger partial charge >= 0.3 is 0 Å². The van der Waals surface area contributed by atoms with Gasteiger partial charge in [-0.1, -0.05) is 38.0 Å². The maximum Gasteiger partial charge on any atom is -0.0314 e. The van der Waals surface area contributed by atoms with Crippen LogP contribution in [0.5, 0.6) is 0 Å². The van der Waals surface area contributed by atoms with Gasteiger partial charge in [0.15, 0.2) is 0 Å². The third kappa shape index (κ3) is 6.33. The lowest BCUT2D eigenvalue weighted by atomic mass is 9.81. The number of hydrogen-bond donors (Lipinski definition) is 0. The molecule has 0 spiro atoms. The van der Waals surface area contributed by atoms with Crippen molar-refractivity contribution in [3.63, 3.8) is 0 Å². The highest BCUT2D eigenvalue weighted by Gasteiger charge is 2.17. The first-order valence-electron chi connectivity index (χ1n) is 6.12. The Morgan fingerprint density at radius 2 is 1.33 bits per heavy atom. The van der Waals surface area contributed by atoms with Crippen molar-refractivity contribution >= 4 is 0 Å². The van der Waals surface area contributed by atoms with Crippen LogP contribution in [-0.4, -0.2) is 0 Å². The molecule has 1 unspecified atom stereocenters. The van der Waals surface area contributed by atoms with Crippen molar-refractivity contribution in [2.45, 2.75) is 45.4 Å². The molecule has 0 saturated carbocycles. The van der Waals surface area contributed by atoms with E-state index >= 15 is 0 Å². The smallest absolute Gasteiger partial charge is 0.0314 e. The Bertz CT molecular complexity index is 168. The molecule has 0 amide bonds. The van der Waals surface area contributed by atoms with Crippen LogP contribution in [0.4, 0.5) is 0 Å². The Labute approximate surface area is 95.8 Å². The molecular formula is C15H26. The second-order valence-electron chi connectivity index (χ2n) is 4.24. The molecular weight excluding hydrogens is 180 g/mol. The van der Waals surface area contributed by atoms with Gasteiger partial charge in [0, 0.05) is 0 Å². The predicted octanol–water partition coefficient (Wildman–Crippen LogP) is 5.14. The summed E-state index contributed by atoms with van der Waals surface area (Å²) in [5.41, 5.74) is 0. The molecule has 0 heteroatoms. The van der Waals surface area contributed by atoms with Crippen LogP contribution < -0.4 is 0 Å². The summed E-state index contributed by atoms with van der Waals surface area (Å²) in [4.78, 5) is 0. The van der Waals surface area contributed by atoms with Crippen LogP contribution in [0, 0.1) is 11.8 Å². The van der Waals surface area contributed by atoms with E-state index in [1.54, 1.807) is 0 Å². The number of unbranched alkanes of at least 4 members (excludes halogenated alkanes) is 1. The van der Waals surface area contributed by atoms with E-state index in [9.17, 15) is 0 Å². The molecule has 0 aliphatic carbocycles. The summed E-state index contributed by atoms with van der Waals surface area (Å²) in [6, 6.07) is 0. The quantitative estimate of drug-likeness (QED) is 0.434. The van der Waals surface area contributed by atoms with Gasteiger partial charge in [-0.2, -0.15) is 0 Å². The monoisotopic (exact) mass is 206 g/mol. The average Bonchev–Trinajstić information content (AvgIpc) is 2.24. The second kappa shape index (κ2) is 9.76. The van der Waals surface area contributed by atoms with Crippen molar-refractivity contribution in [2.75, 3.05) is 0 Å². The van der Waals surface area contributed by atoms with Crippen LogP contribution in [0.2, 0.25) is 0 Å².